The van der Waals surface area contributed by atoms with Crippen LogP contribution in [0.4, 0.5) is 5.69 Å². The SMILES string of the molecule is O=C(CCSc1ccccc1)Nc1cccc(O)c1. The van der Waals surface area contributed by atoms with Gasteiger partial charge in [-0.15, -0.1) is 11.8 Å². The lowest BCUT2D eigenvalue weighted by Gasteiger charge is -2.05. The Morgan fingerprint density at radius 2 is 1.89 bits per heavy atom. The lowest BCUT2D eigenvalue weighted by Crippen LogP contribution is -2.11. The van der Waals surface area contributed by atoms with Crippen LogP contribution in [0, 0.1) is 0 Å². The third kappa shape index (κ3) is 4.67. The minimum absolute atomic E-state index is 0.0472. The van der Waals surface area contributed by atoms with E-state index < -0.39 is 0 Å². The summed E-state index contributed by atoms with van der Waals surface area (Å²) < 4.78 is 0. The Labute approximate surface area is 116 Å². The topological polar surface area (TPSA) is 49.3 Å². The molecule has 4 heteroatoms. The van der Waals surface area contributed by atoms with Gasteiger partial charge in [0.1, 0.15) is 5.75 Å². The zero-order chi connectivity index (χ0) is 13.5. The number of phenolic OH excluding ortho intramolecular Hbond substituents is 1. The molecule has 0 aromatic heterocycles. The first-order chi connectivity index (χ1) is 9.24. The summed E-state index contributed by atoms with van der Waals surface area (Å²) in [5.41, 5.74) is 0.620. The first-order valence-electron chi connectivity index (χ1n) is 6.01. The quantitative estimate of drug-likeness (QED) is 0.820. The van der Waals surface area contributed by atoms with E-state index in [4.69, 9.17) is 0 Å². The van der Waals surface area contributed by atoms with Crippen molar-refractivity contribution in [2.45, 2.75) is 11.3 Å². The molecule has 0 spiro atoms. The average molecular weight is 273 g/mol. The Morgan fingerprint density at radius 1 is 1.11 bits per heavy atom. The summed E-state index contributed by atoms with van der Waals surface area (Å²) in [7, 11) is 0. The number of thioether (sulfide) groups is 1. The van der Waals surface area contributed by atoms with E-state index in [9.17, 15) is 9.90 Å². The number of carbonyl (C=O) groups is 1. The molecular weight excluding hydrogens is 258 g/mol. The second kappa shape index (κ2) is 6.85. The van der Waals surface area contributed by atoms with E-state index in [1.54, 1.807) is 30.0 Å². The summed E-state index contributed by atoms with van der Waals surface area (Å²) in [6.45, 7) is 0. The summed E-state index contributed by atoms with van der Waals surface area (Å²) in [5.74, 6) is 0.833. The second-order valence-electron chi connectivity index (χ2n) is 4.01. The van der Waals surface area contributed by atoms with E-state index in [0.717, 1.165) is 10.6 Å². The molecule has 0 aliphatic rings. The maximum Gasteiger partial charge on any atom is 0.225 e. The number of nitrogens with one attached hydrogen (secondary N) is 1. The first kappa shape index (κ1) is 13.5. The van der Waals surface area contributed by atoms with Crippen LogP contribution < -0.4 is 5.32 Å². The number of phenols is 1. The van der Waals surface area contributed by atoms with Crippen LogP contribution in [-0.4, -0.2) is 16.8 Å². The fraction of sp³-hybridized carbons (Fsp3) is 0.133. The van der Waals surface area contributed by atoms with Crippen molar-refractivity contribution in [3.05, 3.63) is 54.6 Å². The van der Waals surface area contributed by atoms with Gasteiger partial charge in [0.15, 0.2) is 0 Å². The molecule has 2 aromatic rings. The first-order valence-corrected chi connectivity index (χ1v) is 6.99. The van der Waals surface area contributed by atoms with Crippen molar-refractivity contribution in [1.82, 2.24) is 0 Å². The van der Waals surface area contributed by atoms with Crippen molar-refractivity contribution in [2.24, 2.45) is 0 Å². The summed E-state index contributed by atoms with van der Waals surface area (Å²) in [4.78, 5) is 12.9. The molecule has 0 bridgehead atoms. The number of hydrogen-bond acceptors (Lipinski definition) is 3. The van der Waals surface area contributed by atoms with E-state index >= 15 is 0 Å². The van der Waals surface area contributed by atoms with Gasteiger partial charge < -0.3 is 10.4 Å². The third-order valence-electron chi connectivity index (χ3n) is 2.47. The van der Waals surface area contributed by atoms with Crippen LogP contribution in [0.1, 0.15) is 6.42 Å². The van der Waals surface area contributed by atoms with E-state index in [0.29, 0.717) is 12.1 Å². The Morgan fingerprint density at radius 3 is 2.63 bits per heavy atom. The van der Waals surface area contributed by atoms with Crippen LogP contribution in [-0.2, 0) is 4.79 Å². The Kier molecular flexibility index (Phi) is 4.86. The molecule has 3 nitrogen and oxygen atoms in total. The molecule has 19 heavy (non-hydrogen) atoms. The summed E-state index contributed by atoms with van der Waals surface area (Å²) in [5, 5.41) is 12.1. The van der Waals surface area contributed by atoms with Crippen LogP contribution in [0.5, 0.6) is 5.75 Å². The van der Waals surface area contributed by atoms with Crippen molar-refractivity contribution in [3.8, 4) is 5.75 Å². The molecular formula is C15H15NO2S. The predicted molar refractivity (Wildman–Crippen MR) is 78.5 cm³/mol. The molecule has 2 N–H and O–H groups in total. The summed E-state index contributed by atoms with van der Waals surface area (Å²) >= 11 is 1.65. The van der Waals surface area contributed by atoms with Gasteiger partial charge in [-0.2, -0.15) is 0 Å². The zero-order valence-electron chi connectivity index (χ0n) is 10.4. The Hall–Kier alpha value is -1.94. The van der Waals surface area contributed by atoms with E-state index in [-0.39, 0.29) is 11.7 Å². The van der Waals surface area contributed by atoms with Crippen molar-refractivity contribution < 1.29 is 9.90 Å². The monoisotopic (exact) mass is 273 g/mol. The highest BCUT2D eigenvalue weighted by atomic mass is 32.2. The van der Waals surface area contributed by atoms with Gasteiger partial charge in [0.25, 0.3) is 0 Å². The lowest BCUT2D eigenvalue weighted by atomic mass is 10.3. The standard InChI is InChI=1S/C15H15NO2S/c17-13-6-4-5-12(11-13)16-15(18)9-10-19-14-7-2-1-3-8-14/h1-8,11,17H,9-10H2,(H,16,18). The number of aromatic hydroxyl groups is 1. The number of carbonyl (C=O) groups excluding carboxylic acids is 1. The maximum atomic E-state index is 11.7. The van der Waals surface area contributed by atoms with Crippen molar-refractivity contribution in [3.63, 3.8) is 0 Å². The van der Waals surface area contributed by atoms with Crippen molar-refractivity contribution in [1.29, 1.82) is 0 Å². The normalized spacial score (nSPS) is 10.1. The van der Waals surface area contributed by atoms with E-state index in [1.165, 1.54) is 6.07 Å². The number of hydrogen-bond donors (Lipinski definition) is 2. The van der Waals surface area contributed by atoms with Gasteiger partial charge in [0.2, 0.25) is 5.91 Å². The van der Waals surface area contributed by atoms with Crippen LogP contribution in [0.3, 0.4) is 0 Å². The van der Waals surface area contributed by atoms with Gasteiger partial charge in [-0.05, 0) is 24.3 Å². The Bertz CT molecular complexity index is 543. The van der Waals surface area contributed by atoms with E-state index in [1.807, 2.05) is 30.3 Å². The minimum atomic E-state index is -0.0472. The Balaban J connectivity index is 1.76. The molecule has 0 fully saturated rings. The summed E-state index contributed by atoms with van der Waals surface area (Å²) in [6.07, 6.45) is 0.440. The average Bonchev–Trinajstić information content (AvgIpc) is 2.40. The molecule has 0 saturated heterocycles. The lowest BCUT2D eigenvalue weighted by molar-refractivity contribution is -0.115. The molecule has 0 atom stereocenters. The van der Waals surface area contributed by atoms with Crippen molar-refractivity contribution >= 4 is 23.4 Å². The van der Waals surface area contributed by atoms with Crippen LogP contribution >= 0.6 is 11.8 Å². The van der Waals surface area contributed by atoms with Gasteiger partial charge >= 0.3 is 0 Å². The molecule has 98 valence electrons. The highest BCUT2D eigenvalue weighted by Crippen LogP contribution is 2.19. The second-order valence-corrected chi connectivity index (χ2v) is 5.18. The maximum absolute atomic E-state index is 11.7. The smallest absolute Gasteiger partial charge is 0.225 e. The van der Waals surface area contributed by atoms with Crippen LogP contribution in [0.15, 0.2) is 59.5 Å². The number of anilines is 1. The molecule has 0 radical (unpaired) electrons. The van der Waals surface area contributed by atoms with Gasteiger partial charge in [0, 0.05) is 28.8 Å². The minimum Gasteiger partial charge on any atom is -0.508 e. The molecule has 1 amide bonds. The molecule has 0 heterocycles. The number of benzene rings is 2. The molecule has 0 unspecified atom stereocenters. The molecule has 2 aromatic carbocycles. The largest absolute Gasteiger partial charge is 0.508 e. The fourth-order valence-corrected chi connectivity index (χ4v) is 2.46. The van der Waals surface area contributed by atoms with Gasteiger partial charge in [0.05, 0.1) is 0 Å². The van der Waals surface area contributed by atoms with Gasteiger partial charge in [-0.25, -0.2) is 0 Å². The van der Waals surface area contributed by atoms with Crippen LogP contribution in [0.2, 0.25) is 0 Å². The molecule has 0 saturated carbocycles. The number of rotatable bonds is 5. The van der Waals surface area contributed by atoms with Crippen molar-refractivity contribution in [2.75, 3.05) is 11.1 Å². The van der Waals surface area contributed by atoms with Crippen LogP contribution in [0.25, 0.3) is 0 Å². The van der Waals surface area contributed by atoms with Gasteiger partial charge in [-0.1, -0.05) is 24.3 Å². The number of amides is 1. The van der Waals surface area contributed by atoms with Gasteiger partial charge in [-0.3, -0.25) is 4.79 Å². The fourth-order valence-electron chi connectivity index (χ4n) is 1.59. The third-order valence-corrected chi connectivity index (χ3v) is 3.48. The predicted octanol–water partition coefficient (Wildman–Crippen LogP) is 3.51. The molecule has 0 aliphatic heterocycles. The molecule has 0 aliphatic carbocycles. The highest BCUT2D eigenvalue weighted by molar-refractivity contribution is 7.99. The van der Waals surface area contributed by atoms with E-state index in [2.05, 4.69) is 5.32 Å². The summed E-state index contributed by atoms with van der Waals surface area (Å²) in [6, 6.07) is 16.5. The highest BCUT2D eigenvalue weighted by Gasteiger charge is 2.03. The zero-order valence-corrected chi connectivity index (χ0v) is 11.2. The molecule has 2 rings (SSSR count).